The number of nitrogens with zero attached hydrogens (tertiary/aromatic N) is 3. The fourth-order valence-electron chi connectivity index (χ4n) is 6.07. The van der Waals surface area contributed by atoms with Crippen LogP contribution in [0.5, 0.6) is 11.5 Å². The Kier molecular flexibility index (Phi) is 7.26. The fraction of sp³-hybridized carbons (Fsp3) is 0.517. The Labute approximate surface area is 208 Å². The monoisotopic (exact) mass is 475 g/mol. The first-order chi connectivity index (χ1) is 17.2. The predicted molar refractivity (Wildman–Crippen MR) is 139 cm³/mol. The molecule has 6 heteroatoms. The van der Waals surface area contributed by atoms with Gasteiger partial charge >= 0.3 is 0 Å². The van der Waals surface area contributed by atoms with Gasteiger partial charge in [0.05, 0.1) is 30.8 Å². The topological polar surface area (TPSA) is 56.6 Å². The SMILES string of the molecule is COc1ccc(OC)c(-c2nc3ccccc3n2CC(=O)N(C2CCCCC2)C2CCCCC2)c1. The Hall–Kier alpha value is -3.02. The van der Waals surface area contributed by atoms with E-state index < -0.39 is 0 Å². The van der Waals surface area contributed by atoms with E-state index in [4.69, 9.17) is 14.5 Å². The molecule has 0 bridgehead atoms. The lowest BCUT2D eigenvalue weighted by molar-refractivity contribution is -0.138. The van der Waals surface area contributed by atoms with Crippen LogP contribution in [0.15, 0.2) is 42.5 Å². The van der Waals surface area contributed by atoms with Crippen LogP contribution in [-0.4, -0.2) is 46.7 Å². The third-order valence-corrected chi connectivity index (χ3v) is 7.82. The summed E-state index contributed by atoms with van der Waals surface area (Å²) in [6.07, 6.45) is 12.0. The van der Waals surface area contributed by atoms with Crippen molar-refractivity contribution in [2.75, 3.05) is 14.2 Å². The van der Waals surface area contributed by atoms with Gasteiger partial charge in [0.15, 0.2) is 0 Å². The molecule has 0 atom stereocenters. The molecule has 0 aliphatic heterocycles. The van der Waals surface area contributed by atoms with Gasteiger partial charge < -0.3 is 18.9 Å². The van der Waals surface area contributed by atoms with Crippen molar-refractivity contribution < 1.29 is 14.3 Å². The van der Waals surface area contributed by atoms with Crippen LogP contribution >= 0.6 is 0 Å². The number of ether oxygens (including phenoxy) is 2. The summed E-state index contributed by atoms with van der Waals surface area (Å²) in [5.41, 5.74) is 2.67. The van der Waals surface area contributed by atoms with E-state index in [1.165, 1.54) is 38.5 Å². The van der Waals surface area contributed by atoms with Gasteiger partial charge in [-0.05, 0) is 56.0 Å². The number of carbonyl (C=O) groups is 1. The third kappa shape index (κ3) is 4.89. The van der Waals surface area contributed by atoms with E-state index in [2.05, 4.69) is 15.5 Å². The summed E-state index contributed by atoms with van der Waals surface area (Å²) in [6, 6.07) is 14.5. The van der Waals surface area contributed by atoms with Crippen LogP contribution < -0.4 is 9.47 Å². The maximum atomic E-state index is 14.1. The molecule has 1 heterocycles. The molecule has 35 heavy (non-hydrogen) atoms. The lowest BCUT2D eigenvalue weighted by Gasteiger charge is -2.42. The molecular weight excluding hydrogens is 438 g/mol. The quantitative estimate of drug-likeness (QED) is 0.407. The normalized spacial score (nSPS) is 17.4. The Morgan fingerprint density at radius 1 is 0.914 bits per heavy atom. The third-order valence-electron chi connectivity index (χ3n) is 7.82. The largest absolute Gasteiger partial charge is 0.497 e. The second-order valence-electron chi connectivity index (χ2n) is 9.96. The highest BCUT2D eigenvalue weighted by molar-refractivity contribution is 5.86. The van der Waals surface area contributed by atoms with Gasteiger partial charge in [-0.1, -0.05) is 50.7 Å². The molecule has 2 aliphatic rings. The number of imidazole rings is 1. The molecule has 1 amide bonds. The first-order valence-corrected chi connectivity index (χ1v) is 13.2. The highest BCUT2D eigenvalue weighted by atomic mass is 16.5. The lowest BCUT2D eigenvalue weighted by Crippen LogP contribution is -2.50. The average Bonchev–Trinajstić information content (AvgIpc) is 3.27. The molecular formula is C29H37N3O3. The van der Waals surface area contributed by atoms with Crippen molar-refractivity contribution in [2.45, 2.75) is 82.8 Å². The molecule has 2 saturated carbocycles. The fourth-order valence-corrected chi connectivity index (χ4v) is 6.07. The van der Waals surface area contributed by atoms with Crippen molar-refractivity contribution in [3.05, 3.63) is 42.5 Å². The van der Waals surface area contributed by atoms with Crippen LogP contribution in [0.25, 0.3) is 22.4 Å². The molecule has 0 unspecified atom stereocenters. The van der Waals surface area contributed by atoms with Crippen molar-refractivity contribution in [1.82, 2.24) is 14.5 Å². The number of hydrogen-bond acceptors (Lipinski definition) is 4. The molecule has 1 aromatic heterocycles. The molecule has 2 aliphatic carbocycles. The number of benzene rings is 2. The van der Waals surface area contributed by atoms with Crippen LogP contribution in [0, 0.1) is 0 Å². The molecule has 186 valence electrons. The van der Waals surface area contributed by atoms with E-state index in [1.54, 1.807) is 14.2 Å². The summed E-state index contributed by atoms with van der Waals surface area (Å²) in [7, 11) is 3.32. The summed E-state index contributed by atoms with van der Waals surface area (Å²) in [4.78, 5) is 21.4. The minimum absolute atomic E-state index is 0.218. The number of para-hydroxylation sites is 2. The number of hydrogen-bond donors (Lipinski definition) is 0. The smallest absolute Gasteiger partial charge is 0.243 e. The van der Waals surface area contributed by atoms with Gasteiger partial charge in [0.2, 0.25) is 5.91 Å². The number of methoxy groups -OCH3 is 2. The highest BCUT2D eigenvalue weighted by Gasteiger charge is 2.33. The number of aromatic nitrogens is 2. The van der Waals surface area contributed by atoms with E-state index in [9.17, 15) is 4.79 Å². The summed E-state index contributed by atoms with van der Waals surface area (Å²) < 4.78 is 13.3. The standard InChI is InChI=1S/C29H37N3O3/c1-34-23-17-18-27(35-2)24(19-23)29-30-25-15-9-10-16-26(25)31(29)20-28(33)32(21-11-5-3-6-12-21)22-13-7-4-8-14-22/h9-10,15-19,21-22H,3-8,11-14,20H2,1-2H3. The van der Waals surface area contributed by atoms with Gasteiger partial charge in [-0.25, -0.2) is 4.98 Å². The number of amides is 1. The molecule has 0 spiro atoms. The number of fused-ring (bicyclic) bond motifs is 1. The zero-order valence-corrected chi connectivity index (χ0v) is 21.0. The molecule has 5 rings (SSSR count). The van der Waals surface area contributed by atoms with E-state index in [-0.39, 0.29) is 12.5 Å². The zero-order valence-electron chi connectivity index (χ0n) is 21.0. The first-order valence-electron chi connectivity index (χ1n) is 13.2. The van der Waals surface area contributed by atoms with Crippen LogP contribution in [-0.2, 0) is 11.3 Å². The highest BCUT2D eigenvalue weighted by Crippen LogP contribution is 2.36. The van der Waals surface area contributed by atoms with E-state index in [0.717, 1.165) is 53.9 Å². The van der Waals surface area contributed by atoms with Crippen molar-refractivity contribution in [2.24, 2.45) is 0 Å². The molecule has 0 N–H and O–H groups in total. The second-order valence-corrected chi connectivity index (χ2v) is 9.96. The second kappa shape index (κ2) is 10.7. The van der Waals surface area contributed by atoms with Crippen LogP contribution in [0.1, 0.15) is 64.2 Å². The van der Waals surface area contributed by atoms with E-state index in [1.807, 2.05) is 36.4 Å². The van der Waals surface area contributed by atoms with Gasteiger partial charge in [0.25, 0.3) is 0 Å². The predicted octanol–water partition coefficient (Wildman–Crippen LogP) is 6.21. The van der Waals surface area contributed by atoms with Crippen molar-refractivity contribution in [3.8, 4) is 22.9 Å². The summed E-state index contributed by atoms with van der Waals surface area (Å²) in [5.74, 6) is 2.40. The summed E-state index contributed by atoms with van der Waals surface area (Å²) in [6.45, 7) is 0.281. The molecule has 2 aromatic carbocycles. The summed E-state index contributed by atoms with van der Waals surface area (Å²) in [5, 5.41) is 0. The molecule has 6 nitrogen and oxygen atoms in total. The van der Waals surface area contributed by atoms with Gasteiger partial charge in [-0.2, -0.15) is 0 Å². The van der Waals surface area contributed by atoms with Gasteiger partial charge in [0.1, 0.15) is 23.9 Å². The number of rotatable bonds is 7. The minimum Gasteiger partial charge on any atom is -0.497 e. The van der Waals surface area contributed by atoms with Crippen LogP contribution in [0.4, 0.5) is 0 Å². The summed E-state index contributed by atoms with van der Waals surface area (Å²) >= 11 is 0. The molecule has 3 aromatic rings. The number of carbonyl (C=O) groups excluding carboxylic acids is 1. The molecule has 0 saturated heterocycles. The Morgan fingerprint density at radius 2 is 1.57 bits per heavy atom. The van der Waals surface area contributed by atoms with Crippen molar-refractivity contribution in [3.63, 3.8) is 0 Å². The van der Waals surface area contributed by atoms with Crippen molar-refractivity contribution >= 4 is 16.9 Å². The first kappa shape index (κ1) is 23.7. The average molecular weight is 476 g/mol. The van der Waals surface area contributed by atoms with Gasteiger partial charge in [0, 0.05) is 12.1 Å². The van der Waals surface area contributed by atoms with Crippen LogP contribution in [0.2, 0.25) is 0 Å². The Morgan fingerprint density at radius 3 is 2.20 bits per heavy atom. The molecule has 2 fully saturated rings. The van der Waals surface area contributed by atoms with E-state index in [0.29, 0.717) is 17.8 Å². The Bertz CT molecular complexity index is 1140. The van der Waals surface area contributed by atoms with Gasteiger partial charge in [-0.15, -0.1) is 0 Å². The maximum Gasteiger partial charge on any atom is 0.243 e. The van der Waals surface area contributed by atoms with Crippen LogP contribution in [0.3, 0.4) is 0 Å². The van der Waals surface area contributed by atoms with Crippen molar-refractivity contribution in [1.29, 1.82) is 0 Å². The molecule has 0 radical (unpaired) electrons. The maximum absolute atomic E-state index is 14.1. The van der Waals surface area contributed by atoms with Gasteiger partial charge in [-0.3, -0.25) is 4.79 Å². The zero-order chi connectivity index (χ0) is 24.2. The minimum atomic E-state index is 0.218. The van der Waals surface area contributed by atoms with E-state index >= 15 is 0 Å². The Balaban J connectivity index is 1.55. The lowest BCUT2D eigenvalue weighted by atomic mass is 9.88.